The molecule has 3 amide bonds. The van der Waals surface area contributed by atoms with Gasteiger partial charge >= 0.3 is 0 Å². The van der Waals surface area contributed by atoms with Gasteiger partial charge in [0.15, 0.2) is 0 Å². The van der Waals surface area contributed by atoms with Gasteiger partial charge in [0.1, 0.15) is 5.76 Å². The number of likely N-dealkylation sites (tertiary alicyclic amines) is 2. The molecule has 2 fully saturated rings. The van der Waals surface area contributed by atoms with E-state index in [-0.39, 0.29) is 54.0 Å². The Bertz CT molecular complexity index is 1460. The first kappa shape index (κ1) is 36.0. The average molecular weight is 688 g/mol. The van der Waals surface area contributed by atoms with Crippen LogP contribution >= 0.6 is 0 Å². The summed E-state index contributed by atoms with van der Waals surface area (Å²) in [5.74, 6) is 1.36. The van der Waals surface area contributed by atoms with Crippen LogP contribution in [0.3, 0.4) is 0 Å². The normalized spacial score (nSPS) is 26.5. The van der Waals surface area contributed by atoms with E-state index < -0.39 is 0 Å². The van der Waals surface area contributed by atoms with E-state index in [1.54, 1.807) is 19.3 Å². The first-order valence-corrected chi connectivity index (χ1v) is 18.9. The van der Waals surface area contributed by atoms with Crippen molar-refractivity contribution in [3.05, 3.63) is 71.3 Å². The predicted molar refractivity (Wildman–Crippen MR) is 193 cm³/mol. The number of methoxy groups -OCH3 is 1. The number of hydrogen-bond donors (Lipinski definition) is 1. The Hall–Kier alpha value is -3.79. The molecule has 0 aliphatic carbocycles. The van der Waals surface area contributed by atoms with Crippen molar-refractivity contribution in [2.24, 2.45) is 5.92 Å². The van der Waals surface area contributed by atoms with Gasteiger partial charge in [-0.2, -0.15) is 0 Å². The van der Waals surface area contributed by atoms with Gasteiger partial charge in [0.2, 0.25) is 11.8 Å². The van der Waals surface area contributed by atoms with Crippen molar-refractivity contribution in [2.45, 2.75) is 122 Å². The number of carbonyl (C=O) groups is 3. The monoisotopic (exact) mass is 687 g/mol. The third-order valence-electron chi connectivity index (χ3n) is 11.4. The van der Waals surface area contributed by atoms with Crippen LogP contribution in [0, 0.1) is 5.92 Å². The second kappa shape index (κ2) is 16.0. The third-order valence-corrected chi connectivity index (χ3v) is 11.4. The number of rotatable bonds is 11. The van der Waals surface area contributed by atoms with Gasteiger partial charge in [-0.25, -0.2) is 0 Å². The summed E-state index contributed by atoms with van der Waals surface area (Å²) >= 11 is 0. The Morgan fingerprint density at radius 3 is 1.98 bits per heavy atom. The van der Waals surface area contributed by atoms with Crippen LogP contribution in [-0.2, 0) is 30.5 Å². The Balaban J connectivity index is 1.03. The van der Waals surface area contributed by atoms with Crippen LogP contribution in [-0.4, -0.2) is 107 Å². The molecule has 0 bridgehead atoms. The molecule has 5 aliphatic rings. The average Bonchev–Trinajstić information content (AvgIpc) is 3.10. The number of piperidine rings is 2. The molecule has 2 saturated heterocycles. The maximum atomic E-state index is 13.7. The number of nitrogens with zero attached hydrogens (tertiary/aromatic N) is 4. The largest absolute Gasteiger partial charge is 0.501 e. The molecule has 0 spiro atoms. The van der Waals surface area contributed by atoms with E-state index in [2.05, 4.69) is 59.8 Å². The SMILES string of the molecule is COC1=CC(=O)N(C2CCN(C3=CC(=O)N(C4CCN(C5=CC(=O)N[C@H](CC(C)C)C5)CC4)[C@@H](C)C3)CC2)[C@@H]([C@@H](C)OCc2ccccc2)C1. The van der Waals surface area contributed by atoms with Crippen molar-refractivity contribution >= 4 is 17.7 Å². The first-order chi connectivity index (χ1) is 24.1. The van der Waals surface area contributed by atoms with Crippen molar-refractivity contribution in [1.29, 1.82) is 0 Å². The molecule has 0 unspecified atom stereocenters. The zero-order chi connectivity index (χ0) is 35.4. The van der Waals surface area contributed by atoms with Crippen LogP contribution in [0.25, 0.3) is 0 Å². The van der Waals surface area contributed by atoms with Crippen molar-refractivity contribution in [2.75, 3.05) is 33.3 Å². The van der Waals surface area contributed by atoms with Gasteiger partial charge in [-0.05, 0) is 57.4 Å². The second-order valence-electron chi connectivity index (χ2n) is 15.4. The van der Waals surface area contributed by atoms with E-state index in [9.17, 15) is 14.4 Å². The van der Waals surface area contributed by atoms with Gasteiger partial charge in [-0.15, -0.1) is 0 Å². The zero-order valence-electron chi connectivity index (χ0n) is 30.7. The van der Waals surface area contributed by atoms with Crippen LogP contribution in [0.4, 0.5) is 0 Å². The Labute approximate surface area is 298 Å². The molecule has 0 aromatic heterocycles. The smallest absolute Gasteiger partial charge is 0.250 e. The van der Waals surface area contributed by atoms with Crippen molar-refractivity contribution in [3.63, 3.8) is 0 Å². The lowest BCUT2D eigenvalue weighted by molar-refractivity contribution is -0.139. The minimum Gasteiger partial charge on any atom is -0.501 e. The summed E-state index contributed by atoms with van der Waals surface area (Å²) < 4.78 is 11.9. The van der Waals surface area contributed by atoms with E-state index in [0.717, 1.165) is 88.1 Å². The minimum absolute atomic E-state index is 0.00694. The lowest BCUT2D eigenvalue weighted by Gasteiger charge is -2.48. The summed E-state index contributed by atoms with van der Waals surface area (Å²) in [6.45, 7) is 12.5. The summed E-state index contributed by atoms with van der Waals surface area (Å²) in [5.41, 5.74) is 3.37. The fraction of sp³-hybridized carbons (Fsp3) is 0.625. The fourth-order valence-corrected chi connectivity index (χ4v) is 8.84. The quantitative estimate of drug-likeness (QED) is 0.351. The molecule has 4 atom stereocenters. The van der Waals surface area contributed by atoms with Gasteiger partial charge in [-0.1, -0.05) is 44.2 Å². The van der Waals surface area contributed by atoms with E-state index >= 15 is 0 Å². The highest BCUT2D eigenvalue weighted by Gasteiger charge is 2.41. The van der Waals surface area contributed by atoms with E-state index in [1.807, 2.05) is 29.2 Å². The summed E-state index contributed by atoms with van der Waals surface area (Å²) in [6, 6.07) is 10.7. The topological polar surface area (TPSA) is 94.7 Å². The maximum Gasteiger partial charge on any atom is 0.250 e. The molecule has 0 saturated carbocycles. The summed E-state index contributed by atoms with van der Waals surface area (Å²) in [4.78, 5) is 48.5. The third kappa shape index (κ3) is 8.39. The lowest BCUT2D eigenvalue weighted by atomic mass is 9.92. The highest BCUT2D eigenvalue weighted by molar-refractivity contribution is 5.90. The molecule has 6 rings (SSSR count). The van der Waals surface area contributed by atoms with E-state index in [0.29, 0.717) is 24.7 Å². The first-order valence-electron chi connectivity index (χ1n) is 18.9. The predicted octanol–water partition coefficient (Wildman–Crippen LogP) is 4.97. The van der Waals surface area contributed by atoms with Crippen LogP contribution in [0.1, 0.15) is 84.6 Å². The molecule has 50 heavy (non-hydrogen) atoms. The number of ether oxygens (including phenoxy) is 2. The van der Waals surface area contributed by atoms with E-state index in [4.69, 9.17) is 9.47 Å². The lowest BCUT2D eigenvalue weighted by Crippen LogP contribution is -2.57. The number of amides is 3. The van der Waals surface area contributed by atoms with Crippen molar-refractivity contribution < 1.29 is 23.9 Å². The number of carbonyl (C=O) groups excluding carboxylic acids is 3. The Morgan fingerprint density at radius 1 is 0.780 bits per heavy atom. The van der Waals surface area contributed by atoms with Gasteiger partial charge in [0.25, 0.3) is 5.91 Å². The highest BCUT2D eigenvalue weighted by atomic mass is 16.5. The van der Waals surface area contributed by atoms with Crippen LogP contribution in [0.2, 0.25) is 0 Å². The molecular weight excluding hydrogens is 630 g/mol. The highest BCUT2D eigenvalue weighted by Crippen LogP contribution is 2.34. The van der Waals surface area contributed by atoms with E-state index in [1.165, 1.54) is 0 Å². The standard InChI is InChI=1S/C40H57N5O5/c1-27(2)19-31-21-35(22-38(46)41-31)43-15-11-32(12-16-43)44-28(3)20-34(23-39(44)47)42-17-13-33(14-18-42)45-37(24-36(49-5)25-40(45)48)29(4)50-26-30-9-7-6-8-10-30/h6-10,22-23,25,27-29,31-33,37H,11-21,24,26H2,1-5H3,(H,41,46)/t28-,29+,31+,37+/m0/s1. The van der Waals surface area contributed by atoms with Gasteiger partial charge in [0, 0.05) is 99.2 Å². The molecular formula is C40H57N5O5. The van der Waals surface area contributed by atoms with Crippen LogP contribution in [0.5, 0.6) is 0 Å². The molecule has 5 heterocycles. The van der Waals surface area contributed by atoms with Crippen molar-refractivity contribution in [3.8, 4) is 0 Å². The second-order valence-corrected chi connectivity index (χ2v) is 15.4. The van der Waals surface area contributed by atoms with Crippen LogP contribution < -0.4 is 5.32 Å². The Morgan fingerprint density at radius 2 is 1.38 bits per heavy atom. The number of benzene rings is 1. The summed E-state index contributed by atoms with van der Waals surface area (Å²) in [7, 11) is 1.63. The van der Waals surface area contributed by atoms with Gasteiger partial charge < -0.3 is 34.4 Å². The molecule has 0 radical (unpaired) electrons. The molecule has 10 heteroatoms. The molecule has 1 N–H and O–H groups in total. The molecule has 1 aromatic rings. The summed E-state index contributed by atoms with van der Waals surface area (Å²) in [5, 5.41) is 3.13. The zero-order valence-corrected chi connectivity index (χ0v) is 30.7. The van der Waals surface area contributed by atoms with Gasteiger partial charge in [-0.3, -0.25) is 14.4 Å². The number of nitrogens with one attached hydrogen (secondary N) is 1. The van der Waals surface area contributed by atoms with Crippen LogP contribution in [0.15, 0.2) is 65.7 Å². The maximum absolute atomic E-state index is 13.7. The molecule has 1 aromatic carbocycles. The van der Waals surface area contributed by atoms with Crippen molar-refractivity contribution in [1.82, 2.24) is 24.9 Å². The number of hydrogen-bond acceptors (Lipinski definition) is 7. The van der Waals surface area contributed by atoms with Gasteiger partial charge in [0.05, 0.1) is 25.9 Å². The Kier molecular flexibility index (Phi) is 11.6. The molecule has 5 aliphatic heterocycles. The molecule has 272 valence electrons. The summed E-state index contributed by atoms with van der Waals surface area (Å²) in [6.07, 6.45) is 12.0. The minimum atomic E-state index is -0.158. The molecule has 10 nitrogen and oxygen atoms in total. The fourth-order valence-electron chi connectivity index (χ4n) is 8.84.